The Kier molecular flexibility index (Phi) is 4.74. The number of hydrogen-bond donors (Lipinski definition) is 0. The Balaban J connectivity index is 1.97. The molecule has 2 aromatic heterocycles. The number of benzene rings is 1. The molecule has 1 unspecified atom stereocenters. The molecule has 6 heteroatoms. The van der Waals surface area contributed by atoms with Crippen molar-refractivity contribution >= 4 is 65.8 Å². The van der Waals surface area contributed by atoms with Crippen molar-refractivity contribution in [1.82, 2.24) is 9.55 Å². The summed E-state index contributed by atoms with van der Waals surface area (Å²) in [5, 5.41) is -0.105. The van der Waals surface area contributed by atoms with Gasteiger partial charge in [0.25, 0.3) is 0 Å². The molecule has 0 saturated carbocycles. The third-order valence-corrected chi connectivity index (χ3v) is 5.68. The van der Waals surface area contributed by atoms with Crippen LogP contribution in [0.4, 0.5) is 0 Å². The normalized spacial score (nSPS) is 13.0. The second-order valence-corrected chi connectivity index (χ2v) is 8.94. The van der Waals surface area contributed by atoms with Crippen molar-refractivity contribution in [3.63, 3.8) is 0 Å². The molecule has 0 bridgehead atoms. The SMILES string of the molecule is CC(Cl)c1nc2cc(Br)ccc2n1CCc1ccc(Br)s1. The van der Waals surface area contributed by atoms with Gasteiger partial charge in [0.2, 0.25) is 0 Å². The Morgan fingerprint density at radius 3 is 2.76 bits per heavy atom. The Morgan fingerprint density at radius 1 is 1.29 bits per heavy atom. The second kappa shape index (κ2) is 6.41. The van der Waals surface area contributed by atoms with Crippen LogP contribution in [0.25, 0.3) is 11.0 Å². The summed E-state index contributed by atoms with van der Waals surface area (Å²) in [5.74, 6) is 0.931. The maximum absolute atomic E-state index is 6.31. The van der Waals surface area contributed by atoms with E-state index in [0.29, 0.717) is 0 Å². The van der Waals surface area contributed by atoms with Crippen LogP contribution in [-0.4, -0.2) is 9.55 Å². The smallest absolute Gasteiger partial charge is 0.127 e. The molecule has 0 amide bonds. The molecular weight excluding hydrogens is 436 g/mol. The molecule has 3 aromatic rings. The standard InChI is InChI=1S/C15H13Br2ClN2S/c1-9(18)15-19-12-8-10(16)2-4-13(12)20(15)7-6-11-3-5-14(17)21-11/h2-5,8-9H,6-7H2,1H3. The van der Waals surface area contributed by atoms with Gasteiger partial charge < -0.3 is 4.57 Å². The van der Waals surface area contributed by atoms with Crippen LogP contribution in [0, 0.1) is 0 Å². The van der Waals surface area contributed by atoms with Crippen molar-refractivity contribution in [2.24, 2.45) is 0 Å². The van der Waals surface area contributed by atoms with Gasteiger partial charge >= 0.3 is 0 Å². The lowest BCUT2D eigenvalue weighted by atomic mass is 10.3. The molecule has 0 aliphatic carbocycles. The van der Waals surface area contributed by atoms with E-state index in [1.165, 1.54) is 8.66 Å². The van der Waals surface area contributed by atoms with E-state index in [1.54, 1.807) is 11.3 Å². The first-order chi connectivity index (χ1) is 10.0. The van der Waals surface area contributed by atoms with Crippen molar-refractivity contribution in [3.05, 3.63) is 49.3 Å². The first kappa shape index (κ1) is 15.5. The maximum Gasteiger partial charge on any atom is 0.127 e. The summed E-state index contributed by atoms with van der Waals surface area (Å²) in [6.45, 7) is 2.85. The third kappa shape index (κ3) is 3.36. The number of halogens is 3. The lowest BCUT2D eigenvalue weighted by molar-refractivity contribution is 0.672. The number of nitrogens with zero attached hydrogens (tertiary/aromatic N) is 2. The molecule has 0 fully saturated rings. The van der Waals surface area contributed by atoms with Gasteiger partial charge in [-0.1, -0.05) is 15.9 Å². The lowest BCUT2D eigenvalue weighted by Gasteiger charge is -2.09. The minimum absolute atomic E-state index is 0.105. The number of aromatic nitrogens is 2. The third-order valence-electron chi connectivity index (χ3n) is 3.31. The highest BCUT2D eigenvalue weighted by Gasteiger charge is 2.15. The molecule has 21 heavy (non-hydrogen) atoms. The van der Waals surface area contributed by atoms with Crippen molar-refractivity contribution in [2.45, 2.75) is 25.3 Å². The van der Waals surface area contributed by atoms with E-state index in [0.717, 1.165) is 34.3 Å². The van der Waals surface area contributed by atoms with E-state index in [9.17, 15) is 0 Å². The quantitative estimate of drug-likeness (QED) is 0.437. The first-order valence-electron chi connectivity index (χ1n) is 6.58. The van der Waals surface area contributed by atoms with Crippen molar-refractivity contribution in [2.75, 3.05) is 0 Å². The van der Waals surface area contributed by atoms with Crippen molar-refractivity contribution < 1.29 is 0 Å². The van der Waals surface area contributed by atoms with Crippen LogP contribution in [0.2, 0.25) is 0 Å². The van der Waals surface area contributed by atoms with Gasteiger partial charge in [-0.15, -0.1) is 22.9 Å². The van der Waals surface area contributed by atoms with E-state index in [-0.39, 0.29) is 5.38 Å². The zero-order valence-corrected chi connectivity index (χ0v) is 16.1. The fraction of sp³-hybridized carbons (Fsp3) is 0.267. The van der Waals surface area contributed by atoms with E-state index in [1.807, 2.05) is 19.1 Å². The van der Waals surface area contributed by atoms with Gasteiger partial charge in [-0.25, -0.2) is 4.98 Å². The molecule has 2 heterocycles. The summed E-state index contributed by atoms with van der Waals surface area (Å²) >= 11 is 15.1. The summed E-state index contributed by atoms with van der Waals surface area (Å²) in [5.41, 5.74) is 2.12. The van der Waals surface area contributed by atoms with E-state index < -0.39 is 0 Å². The van der Waals surface area contributed by atoms with Crippen LogP contribution in [0.5, 0.6) is 0 Å². The van der Waals surface area contributed by atoms with Crippen molar-refractivity contribution in [1.29, 1.82) is 0 Å². The number of fused-ring (bicyclic) bond motifs is 1. The molecule has 0 aliphatic rings. The predicted octanol–water partition coefficient (Wildman–Crippen LogP) is 6.17. The molecule has 0 N–H and O–H groups in total. The summed E-state index contributed by atoms with van der Waals surface area (Å²) in [4.78, 5) is 6.04. The van der Waals surface area contributed by atoms with Gasteiger partial charge in [0.1, 0.15) is 5.82 Å². The summed E-state index contributed by atoms with van der Waals surface area (Å²) in [7, 11) is 0. The molecule has 110 valence electrons. The summed E-state index contributed by atoms with van der Waals surface area (Å²) < 4.78 is 4.44. The zero-order chi connectivity index (χ0) is 15.0. The Morgan fingerprint density at radius 2 is 2.10 bits per heavy atom. The largest absolute Gasteiger partial charge is 0.326 e. The summed E-state index contributed by atoms with van der Waals surface area (Å²) in [6.07, 6.45) is 0.981. The van der Waals surface area contributed by atoms with Crippen molar-refractivity contribution in [3.8, 4) is 0 Å². The number of aryl methyl sites for hydroxylation is 2. The van der Waals surface area contributed by atoms with E-state index >= 15 is 0 Å². The molecule has 3 rings (SSSR count). The minimum atomic E-state index is -0.105. The van der Waals surface area contributed by atoms with Crippen LogP contribution in [-0.2, 0) is 13.0 Å². The average Bonchev–Trinajstić information content (AvgIpc) is 2.99. The first-order valence-corrected chi connectivity index (χ1v) is 9.42. The maximum atomic E-state index is 6.31. The molecule has 1 aromatic carbocycles. The monoisotopic (exact) mass is 446 g/mol. The molecule has 2 nitrogen and oxygen atoms in total. The molecule has 0 saturated heterocycles. The highest BCUT2D eigenvalue weighted by atomic mass is 79.9. The average molecular weight is 449 g/mol. The van der Waals surface area contributed by atoms with Crippen LogP contribution in [0.1, 0.15) is 23.0 Å². The van der Waals surface area contributed by atoms with Crippen LogP contribution < -0.4 is 0 Å². The van der Waals surface area contributed by atoms with Gasteiger partial charge in [0.15, 0.2) is 0 Å². The molecule has 0 radical (unpaired) electrons. The van der Waals surface area contributed by atoms with E-state index in [4.69, 9.17) is 11.6 Å². The van der Waals surface area contributed by atoms with Gasteiger partial charge in [-0.05, 0) is 59.6 Å². The Labute approximate surface area is 149 Å². The highest BCUT2D eigenvalue weighted by molar-refractivity contribution is 9.11. The zero-order valence-electron chi connectivity index (χ0n) is 11.3. The number of alkyl halides is 1. The topological polar surface area (TPSA) is 17.8 Å². The number of rotatable bonds is 4. The predicted molar refractivity (Wildman–Crippen MR) is 97.4 cm³/mol. The Bertz CT molecular complexity index is 779. The lowest BCUT2D eigenvalue weighted by Crippen LogP contribution is -2.06. The molecule has 1 atom stereocenters. The van der Waals surface area contributed by atoms with Gasteiger partial charge in [0.05, 0.1) is 20.2 Å². The fourth-order valence-electron chi connectivity index (χ4n) is 2.37. The molecule has 0 aliphatic heterocycles. The molecule has 0 spiro atoms. The summed E-state index contributed by atoms with van der Waals surface area (Å²) in [6, 6.07) is 10.4. The number of thiophene rings is 1. The van der Waals surface area contributed by atoms with Gasteiger partial charge in [-0.2, -0.15) is 0 Å². The number of hydrogen-bond acceptors (Lipinski definition) is 2. The number of imidazole rings is 1. The Hall–Kier alpha value is -0.360. The van der Waals surface area contributed by atoms with Crippen LogP contribution in [0.15, 0.2) is 38.6 Å². The van der Waals surface area contributed by atoms with Crippen LogP contribution >= 0.6 is 54.8 Å². The minimum Gasteiger partial charge on any atom is -0.326 e. The van der Waals surface area contributed by atoms with Gasteiger partial charge in [-0.3, -0.25) is 0 Å². The van der Waals surface area contributed by atoms with Gasteiger partial charge in [0, 0.05) is 15.9 Å². The highest BCUT2D eigenvalue weighted by Crippen LogP contribution is 2.28. The van der Waals surface area contributed by atoms with Crippen LogP contribution in [0.3, 0.4) is 0 Å². The van der Waals surface area contributed by atoms with E-state index in [2.05, 4.69) is 59.6 Å². The second-order valence-electron chi connectivity index (χ2n) is 4.83. The fourth-order valence-corrected chi connectivity index (χ4v) is 4.36. The molecular formula is C15H13Br2ClN2S.